The molecule has 4 nitrogen and oxygen atoms in total. The molecule has 0 bridgehead atoms. The number of amides is 1. The van der Waals surface area contributed by atoms with Crippen molar-refractivity contribution in [3.05, 3.63) is 0 Å². The summed E-state index contributed by atoms with van der Waals surface area (Å²) in [5.41, 5.74) is 0. The predicted molar refractivity (Wildman–Crippen MR) is 64.3 cm³/mol. The van der Waals surface area contributed by atoms with Crippen molar-refractivity contribution in [2.24, 2.45) is 5.92 Å². The molecule has 0 spiro atoms. The Kier molecular flexibility index (Phi) is 5.22. The number of nitrogens with zero attached hydrogens (tertiary/aromatic N) is 1. The third-order valence-electron chi connectivity index (χ3n) is 3.15. The molecule has 94 valence electrons. The molecule has 16 heavy (non-hydrogen) atoms. The van der Waals surface area contributed by atoms with Crippen LogP contribution in [0.2, 0.25) is 0 Å². The van der Waals surface area contributed by atoms with E-state index in [1.54, 1.807) is 4.90 Å². The molecule has 0 saturated carbocycles. The quantitative estimate of drug-likeness (QED) is 0.733. The lowest BCUT2D eigenvalue weighted by Crippen LogP contribution is -2.47. The molecule has 1 rings (SSSR count). The van der Waals surface area contributed by atoms with E-state index in [4.69, 9.17) is 4.74 Å². The lowest BCUT2D eigenvalue weighted by Gasteiger charge is -2.25. The van der Waals surface area contributed by atoms with Gasteiger partial charge in [0.25, 0.3) is 0 Å². The van der Waals surface area contributed by atoms with Gasteiger partial charge < -0.3 is 15.0 Å². The van der Waals surface area contributed by atoms with E-state index >= 15 is 0 Å². The Morgan fingerprint density at radius 1 is 1.56 bits per heavy atom. The molecule has 0 aromatic rings. The molecule has 1 fully saturated rings. The predicted octanol–water partition coefficient (Wildman–Crippen LogP) is 0.868. The highest BCUT2D eigenvalue weighted by Gasteiger charge is 2.31. The summed E-state index contributed by atoms with van der Waals surface area (Å²) >= 11 is 0. The van der Waals surface area contributed by atoms with Crippen LogP contribution in [-0.4, -0.2) is 49.7 Å². The molecule has 0 aromatic carbocycles. The standard InChI is InChI=1S/C12H24N2O2/c1-5-16-8-11(9(2)3)13-10-6-7-14(4)12(10)15/h9-11,13H,5-8H2,1-4H3. The van der Waals surface area contributed by atoms with Crippen LogP contribution in [0, 0.1) is 5.92 Å². The van der Waals surface area contributed by atoms with Gasteiger partial charge in [0.1, 0.15) is 0 Å². The first-order chi connectivity index (χ1) is 7.56. The van der Waals surface area contributed by atoms with Crippen molar-refractivity contribution in [1.29, 1.82) is 0 Å². The van der Waals surface area contributed by atoms with E-state index in [1.807, 2.05) is 14.0 Å². The van der Waals surface area contributed by atoms with Gasteiger partial charge >= 0.3 is 0 Å². The average Bonchev–Trinajstić information content (AvgIpc) is 2.55. The highest BCUT2D eigenvalue weighted by molar-refractivity contribution is 5.83. The minimum atomic E-state index is -0.0159. The van der Waals surface area contributed by atoms with Gasteiger partial charge in [-0.2, -0.15) is 0 Å². The second-order valence-corrected chi connectivity index (χ2v) is 4.78. The van der Waals surface area contributed by atoms with E-state index in [0.717, 1.165) is 19.6 Å². The molecule has 1 saturated heterocycles. The maximum atomic E-state index is 11.8. The summed E-state index contributed by atoms with van der Waals surface area (Å²) < 4.78 is 5.44. The second-order valence-electron chi connectivity index (χ2n) is 4.78. The smallest absolute Gasteiger partial charge is 0.239 e. The number of carbonyl (C=O) groups excluding carboxylic acids is 1. The maximum absolute atomic E-state index is 11.8. The first kappa shape index (κ1) is 13.5. The van der Waals surface area contributed by atoms with Crippen molar-refractivity contribution in [1.82, 2.24) is 10.2 Å². The van der Waals surface area contributed by atoms with Gasteiger partial charge in [-0.05, 0) is 19.3 Å². The number of rotatable bonds is 6. The Morgan fingerprint density at radius 3 is 2.69 bits per heavy atom. The summed E-state index contributed by atoms with van der Waals surface area (Å²) in [5, 5.41) is 3.41. The van der Waals surface area contributed by atoms with Crippen LogP contribution in [0.25, 0.3) is 0 Å². The topological polar surface area (TPSA) is 41.6 Å². The SMILES string of the molecule is CCOCC(NC1CCN(C)C1=O)C(C)C. The van der Waals surface area contributed by atoms with Crippen molar-refractivity contribution in [2.75, 3.05) is 26.8 Å². The molecule has 0 radical (unpaired) electrons. The van der Waals surface area contributed by atoms with E-state index in [1.165, 1.54) is 0 Å². The zero-order chi connectivity index (χ0) is 12.1. The Balaban J connectivity index is 2.45. The molecular weight excluding hydrogens is 204 g/mol. The van der Waals surface area contributed by atoms with Gasteiger partial charge in [0.2, 0.25) is 5.91 Å². The van der Waals surface area contributed by atoms with Gasteiger partial charge in [-0.3, -0.25) is 4.79 Å². The monoisotopic (exact) mass is 228 g/mol. The Hall–Kier alpha value is -0.610. The largest absolute Gasteiger partial charge is 0.380 e. The van der Waals surface area contributed by atoms with E-state index in [-0.39, 0.29) is 18.0 Å². The van der Waals surface area contributed by atoms with Crippen molar-refractivity contribution < 1.29 is 9.53 Å². The van der Waals surface area contributed by atoms with Gasteiger partial charge in [-0.25, -0.2) is 0 Å². The summed E-state index contributed by atoms with van der Waals surface area (Å²) in [6.45, 7) is 8.56. The Labute approximate surface area is 98.3 Å². The lowest BCUT2D eigenvalue weighted by molar-refractivity contribution is -0.128. The Morgan fingerprint density at radius 2 is 2.25 bits per heavy atom. The van der Waals surface area contributed by atoms with E-state index in [9.17, 15) is 4.79 Å². The van der Waals surface area contributed by atoms with Crippen LogP contribution in [0.3, 0.4) is 0 Å². The van der Waals surface area contributed by atoms with Crippen LogP contribution in [0.4, 0.5) is 0 Å². The van der Waals surface area contributed by atoms with Crippen molar-refractivity contribution in [3.8, 4) is 0 Å². The number of hydrogen-bond donors (Lipinski definition) is 1. The van der Waals surface area contributed by atoms with Crippen LogP contribution < -0.4 is 5.32 Å². The first-order valence-electron chi connectivity index (χ1n) is 6.15. The highest BCUT2D eigenvalue weighted by Crippen LogP contribution is 2.12. The zero-order valence-corrected chi connectivity index (χ0v) is 10.8. The summed E-state index contributed by atoms with van der Waals surface area (Å²) in [6.07, 6.45) is 0.907. The number of likely N-dealkylation sites (tertiary alicyclic amines) is 1. The molecule has 1 aliphatic heterocycles. The minimum Gasteiger partial charge on any atom is -0.380 e. The van der Waals surface area contributed by atoms with Gasteiger partial charge in [0.15, 0.2) is 0 Å². The normalized spacial score (nSPS) is 23.2. The van der Waals surface area contributed by atoms with Crippen molar-refractivity contribution >= 4 is 5.91 Å². The molecule has 0 aromatic heterocycles. The molecule has 2 atom stereocenters. The second kappa shape index (κ2) is 6.21. The summed E-state index contributed by atoms with van der Waals surface area (Å²) in [5.74, 6) is 0.687. The molecule has 1 N–H and O–H groups in total. The molecule has 4 heteroatoms. The zero-order valence-electron chi connectivity index (χ0n) is 10.8. The number of ether oxygens (including phenoxy) is 1. The van der Waals surface area contributed by atoms with Gasteiger partial charge in [-0.1, -0.05) is 13.8 Å². The number of carbonyl (C=O) groups is 1. The van der Waals surface area contributed by atoms with Crippen LogP contribution >= 0.6 is 0 Å². The molecule has 1 heterocycles. The fourth-order valence-electron chi connectivity index (χ4n) is 1.91. The number of hydrogen-bond acceptors (Lipinski definition) is 3. The van der Waals surface area contributed by atoms with Gasteiger partial charge in [-0.15, -0.1) is 0 Å². The summed E-state index contributed by atoms with van der Waals surface area (Å²) in [4.78, 5) is 13.5. The summed E-state index contributed by atoms with van der Waals surface area (Å²) in [6, 6.07) is 0.248. The fourth-order valence-corrected chi connectivity index (χ4v) is 1.91. The number of nitrogens with one attached hydrogen (secondary N) is 1. The van der Waals surface area contributed by atoms with Gasteiger partial charge in [0.05, 0.1) is 12.6 Å². The fraction of sp³-hybridized carbons (Fsp3) is 0.917. The summed E-state index contributed by atoms with van der Waals surface area (Å²) in [7, 11) is 1.86. The molecule has 1 aliphatic rings. The Bertz CT molecular complexity index is 231. The van der Waals surface area contributed by atoms with Gasteiger partial charge in [0, 0.05) is 26.2 Å². The average molecular weight is 228 g/mol. The van der Waals surface area contributed by atoms with E-state index in [2.05, 4.69) is 19.2 Å². The third-order valence-corrected chi connectivity index (χ3v) is 3.15. The van der Waals surface area contributed by atoms with E-state index < -0.39 is 0 Å². The van der Waals surface area contributed by atoms with Crippen molar-refractivity contribution in [2.45, 2.75) is 39.3 Å². The molecule has 2 unspecified atom stereocenters. The van der Waals surface area contributed by atoms with Crippen LogP contribution in [-0.2, 0) is 9.53 Å². The van der Waals surface area contributed by atoms with E-state index in [0.29, 0.717) is 12.5 Å². The molecular formula is C12H24N2O2. The number of likely N-dealkylation sites (N-methyl/N-ethyl adjacent to an activating group) is 1. The van der Waals surface area contributed by atoms with Crippen LogP contribution in [0.15, 0.2) is 0 Å². The first-order valence-corrected chi connectivity index (χ1v) is 6.15. The van der Waals surface area contributed by atoms with Crippen molar-refractivity contribution in [3.63, 3.8) is 0 Å². The molecule has 0 aliphatic carbocycles. The minimum absolute atomic E-state index is 0.0159. The highest BCUT2D eigenvalue weighted by atomic mass is 16.5. The maximum Gasteiger partial charge on any atom is 0.239 e. The van der Waals surface area contributed by atoms with Crippen LogP contribution in [0.1, 0.15) is 27.2 Å². The van der Waals surface area contributed by atoms with Crippen LogP contribution in [0.5, 0.6) is 0 Å². The lowest BCUT2D eigenvalue weighted by atomic mass is 10.0. The molecule has 1 amide bonds. The third kappa shape index (κ3) is 3.46.